The van der Waals surface area contributed by atoms with Crippen molar-refractivity contribution >= 4 is 10.1 Å². The number of rotatable bonds is 20. The average Bonchev–Trinajstić information content (AvgIpc) is 2.77. The Labute approximate surface area is 212 Å². The maximum absolute atomic E-state index is 9.19. The van der Waals surface area contributed by atoms with Crippen LogP contribution in [-0.4, -0.2) is 50.9 Å². The van der Waals surface area contributed by atoms with E-state index in [4.69, 9.17) is 4.55 Å². The molecular formula is C29H56NO3S+. The Kier molecular flexibility index (Phi) is 20.8. The first-order chi connectivity index (χ1) is 16.1. The molecule has 200 valence electrons. The quantitative estimate of drug-likeness (QED) is 0.112. The summed E-state index contributed by atoms with van der Waals surface area (Å²) in [6.45, 7) is 4.88. The lowest BCUT2D eigenvalue weighted by Crippen LogP contribution is -2.42. The largest absolute Gasteiger partial charge is 0.328 e. The Bertz CT molecular complexity index is 651. The fraction of sp³-hybridized carbons (Fsp3) is 0.793. The maximum atomic E-state index is 9.19. The van der Waals surface area contributed by atoms with Gasteiger partial charge in [0.05, 0.1) is 33.4 Å². The third-order valence-corrected chi connectivity index (χ3v) is 6.47. The second-order valence-corrected chi connectivity index (χ2v) is 12.1. The van der Waals surface area contributed by atoms with Crippen LogP contribution in [0.15, 0.2) is 30.3 Å². The normalized spacial score (nSPS) is 11.8. The molecule has 0 radical (unpaired) electrons. The molecule has 0 aromatic heterocycles. The summed E-state index contributed by atoms with van der Waals surface area (Å²) in [5.41, 5.74) is 1.48. The van der Waals surface area contributed by atoms with Crippen LogP contribution in [0, 0.1) is 0 Å². The molecule has 5 heteroatoms. The number of hydrogen-bond donors (Lipinski definition) is 1. The lowest BCUT2D eigenvalue weighted by Gasteiger charge is -2.30. The standard InChI is InChI=1S/C28H52N.CH4O3S/c1-4-5-6-7-8-9-10-11-12-13-14-15-16-17-18-22-26-29(2,3)27-25-28-23-20-19-21-24-28;1-5(2,3)4/h19-21,23-24H,4-18,22,25-27H2,1-3H3;1H3,(H,2,3,4)/q+1;. The third-order valence-electron chi connectivity index (χ3n) is 6.47. The fourth-order valence-corrected chi connectivity index (χ4v) is 4.28. The summed E-state index contributed by atoms with van der Waals surface area (Å²) < 4.78 is 27.0. The molecule has 0 atom stereocenters. The summed E-state index contributed by atoms with van der Waals surface area (Å²) in [6, 6.07) is 10.9. The second-order valence-electron chi connectivity index (χ2n) is 10.7. The van der Waals surface area contributed by atoms with Crippen molar-refractivity contribution in [2.24, 2.45) is 0 Å². The highest BCUT2D eigenvalue weighted by atomic mass is 32.2. The molecule has 0 heterocycles. The van der Waals surface area contributed by atoms with Gasteiger partial charge in [0.2, 0.25) is 0 Å². The summed E-state index contributed by atoms with van der Waals surface area (Å²) in [7, 11) is 1.13. The van der Waals surface area contributed by atoms with Gasteiger partial charge in [-0.05, 0) is 18.4 Å². The SMILES string of the molecule is CCCCCCCCCCCCCCCCCC[N+](C)(C)CCc1ccccc1.CS(=O)(=O)O. The molecule has 0 spiro atoms. The summed E-state index contributed by atoms with van der Waals surface area (Å²) in [6.07, 6.45) is 25.1. The molecule has 1 rings (SSSR count). The Morgan fingerprint density at radius 3 is 1.38 bits per heavy atom. The predicted molar refractivity (Wildman–Crippen MR) is 149 cm³/mol. The van der Waals surface area contributed by atoms with Gasteiger partial charge in [0.25, 0.3) is 10.1 Å². The molecule has 0 fully saturated rings. The number of nitrogens with zero attached hydrogens (tertiary/aromatic N) is 1. The minimum Gasteiger partial charge on any atom is -0.328 e. The van der Waals surface area contributed by atoms with E-state index in [-0.39, 0.29) is 0 Å². The van der Waals surface area contributed by atoms with E-state index in [1.807, 2.05) is 0 Å². The van der Waals surface area contributed by atoms with Crippen LogP contribution in [0.25, 0.3) is 0 Å². The van der Waals surface area contributed by atoms with Crippen molar-refractivity contribution in [2.75, 3.05) is 33.4 Å². The smallest absolute Gasteiger partial charge is 0.261 e. The number of benzene rings is 1. The Hall–Kier alpha value is -0.910. The van der Waals surface area contributed by atoms with Crippen LogP contribution >= 0.6 is 0 Å². The van der Waals surface area contributed by atoms with Crippen LogP contribution < -0.4 is 0 Å². The van der Waals surface area contributed by atoms with Crippen LogP contribution in [0.3, 0.4) is 0 Å². The van der Waals surface area contributed by atoms with Crippen LogP contribution in [-0.2, 0) is 16.5 Å². The zero-order valence-electron chi connectivity index (χ0n) is 22.9. The fourth-order valence-electron chi connectivity index (χ4n) is 4.28. The number of unbranched alkanes of at least 4 members (excludes halogenated alkanes) is 15. The Balaban J connectivity index is 0.00000196. The molecule has 0 aliphatic heterocycles. The van der Waals surface area contributed by atoms with Gasteiger partial charge in [0, 0.05) is 6.42 Å². The molecule has 1 N–H and O–H groups in total. The number of quaternary nitrogens is 1. The van der Waals surface area contributed by atoms with Gasteiger partial charge in [-0.2, -0.15) is 8.42 Å². The van der Waals surface area contributed by atoms with Crippen molar-refractivity contribution in [1.29, 1.82) is 0 Å². The van der Waals surface area contributed by atoms with Crippen molar-refractivity contribution < 1.29 is 17.5 Å². The second kappa shape index (κ2) is 21.4. The first kappa shape index (κ1) is 33.1. The van der Waals surface area contributed by atoms with Crippen molar-refractivity contribution in [3.05, 3.63) is 35.9 Å². The molecule has 0 saturated heterocycles. The molecule has 0 saturated carbocycles. The summed E-state index contributed by atoms with van der Waals surface area (Å²) in [4.78, 5) is 0. The average molecular weight is 499 g/mol. The monoisotopic (exact) mass is 498 g/mol. The zero-order valence-corrected chi connectivity index (χ0v) is 23.8. The van der Waals surface area contributed by atoms with Crippen molar-refractivity contribution in [2.45, 2.75) is 116 Å². The van der Waals surface area contributed by atoms with E-state index in [0.717, 1.165) is 4.48 Å². The highest BCUT2D eigenvalue weighted by molar-refractivity contribution is 7.85. The highest BCUT2D eigenvalue weighted by Crippen LogP contribution is 2.14. The van der Waals surface area contributed by atoms with Crippen LogP contribution in [0.5, 0.6) is 0 Å². The van der Waals surface area contributed by atoms with Gasteiger partial charge >= 0.3 is 0 Å². The number of likely N-dealkylation sites (N-methyl/N-ethyl adjacent to an activating group) is 1. The molecule has 4 nitrogen and oxygen atoms in total. The molecular weight excluding hydrogens is 442 g/mol. The highest BCUT2D eigenvalue weighted by Gasteiger charge is 2.14. The third kappa shape index (κ3) is 27.3. The van der Waals surface area contributed by atoms with E-state index in [9.17, 15) is 8.42 Å². The van der Waals surface area contributed by atoms with E-state index >= 15 is 0 Å². The number of hydrogen-bond acceptors (Lipinski definition) is 2. The lowest BCUT2D eigenvalue weighted by molar-refractivity contribution is -0.890. The molecule has 0 aliphatic rings. The van der Waals surface area contributed by atoms with Crippen molar-refractivity contribution in [3.8, 4) is 0 Å². The van der Waals surface area contributed by atoms with Gasteiger partial charge in [-0.3, -0.25) is 4.55 Å². The van der Waals surface area contributed by atoms with E-state index in [1.54, 1.807) is 0 Å². The van der Waals surface area contributed by atoms with Gasteiger partial charge in [0.15, 0.2) is 0 Å². The predicted octanol–water partition coefficient (Wildman–Crippen LogP) is 8.07. The van der Waals surface area contributed by atoms with Crippen LogP contribution in [0.2, 0.25) is 0 Å². The molecule has 1 aromatic rings. The first-order valence-corrected chi connectivity index (χ1v) is 15.8. The van der Waals surface area contributed by atoms with E-state index in [2.05, 4.69) is 51.4 Å². The molecule has 0 amide bonds. The van der Waals surface area contributed by atoms with Crippen LogP contribution in [0.1, 0.15) is 115 Å². The minimum absolute atomic E-state index is 0.715. The lowest BCUT2D eigenvalue weighted by atomic mass is 10.0. The summed E-state index contributed by atoms with van der Waals surface area (Å²) in [5, 5.41) is 0. The molecule has 34 heavy (non-hydrogen) atoms. The Morgan fingerprint density at radius 2 is 1.00 bits per heavy atom. The first-order valence-electron chi connectivity index (χ1n) is 13.9. The Morgan fingerprint density at radius 1 is 0.647 bits per heavy atom. The van der Waals surface area contributed by atoms with Gasteiger partial charge in [0.1, 0.15) is 0 Å². The van der Waals surface area contributed by atoms with Crippen molar-refractivity contribution in [3.63, 3.8) is 0 Å². The molecule has 1 aromatic carbocycles. The van der Waals surface area contributed by atoms with Gasteiger partial charge in [-0.1, -0.05) is 127 Å². The van der Waals surface area contributed by atoms with Gasteiger partial charge in [-0.15, -0.1) is 0 Å². The molecule has 0 aliphatic carbocycles. The summed E-state index contributed by atoms with van der Waals surface area (Å²) in [5.74, 6) is 0. The topological polar surface area (TPSA) is 54.4 Å². The zero-order chi connectivity index (χ0) is 25.5. The van der Waals surface area contributed by atoms with Gasteiger partial charge in [-0.25, -0.2) is 0 Å². The van der Waals surface area contributed by atoms with E-state index in [0.29, 0.717) is 6.26 Å². The van der Waals surface area contributed by atoms with E-state index < -0.39 is 10.1 Å². The maximum Gasteiger partial charge on any atom is 0.261 e. The molecule has 0 unspecified atom stereocenters. The molecule has 0 bridgehead atoms. The van der Waals surface area contributed by atoms with Crippen molar-refractivity contribution in [1.82, 2.24) is 0 Å². The minimum atomic E-state index is -3.67. The van der Waals surface area contributed by atoms with E-state index in [1.165, 1.54) is 128 Å². The summed E-state index contributed by atoms with van der Waals surface area (Å²) >= 11 is 0. The van der Waals surface area contributed by atoms with Crippen LogP contribution in [0.4, 0.5) is 0 Å². The van der Waals surface area contributed by atoms with Gasteiger partial charge < -0.3 is 4.48 Å².